The second kappa shape index (κ2) is 6.85. The molecule has 2 rings (SSSR count). The molecular formula is C15H15FN2O5S. The molecule has 0 atom stereocenters. The molecule has 2 aromatic rings. The van der Waals surface area contributed by atoms with E-state index >= 15 is 0 Å². The number of primary sulfonamides is 1. The van der Waals surface area contributed by atoms with Gasteiger partial charge < -0.3 is 14.8 Å². The van der Waals surface area contributed by atoms with Crippen LogP contribution in [0.1, 0.15) is 10.4 Å². The second-order valence-corrected chi connectivity index (χ2v) is 6.27. The largest absolute Gasteiger partial charge is 0.496 e. The molecule has 0 saturated heterocycles. The van der Waals surface area contributed by atoms with Crippen LogP contribution in [-0.4, -0.2) is 28.5 Å². The number of methoxy groups -OCH3 is 2. The molecule has 0 unspecified atom stereocenters. The smallest absolute Gasteiger partial charge is 0.259 e. The maximum absolute atomic E-state index is 13.7. The Morgan fingerprint density at radius 3 is 2.25 bits per heavy atom. The molecule has 0 saturated carbocycles. The number of hydrogen-bond donors (Lipinski definition) is 2. The molecule has 2 aromatic carbocycles. The number of amides is 1. The molecule has 0 aromatic heterocycles. The third kappa shape index (κ3) is 3.81. The van der Waals surface area contributed by atoms with Crippen LogP contribution in [0.2, 0.25) is 0 Å². The highest BCUT2D eigenvalue weighted by atomic mass is 32.2. The number of hydrogen-bond acceptors (Lipinski definition) is 5. The first kappa shape index (κ1) is 17.7. The van der Waals surface area contributed by atoms with Crippen LogP contribution < -0.4 is 19.9 Å². The van der Waals surface area contributed by atoms with Gasteiger partial charge in [0.15, 0.2) is 11.6 Å². The van der Waals surface area contributed by atoms with Crippen molar-refractivity contribution < 1.29 is 27.1 Å². The van der Waals surface area contributed by atoms with Crippen LogP contribution in [-0.2, 0) is 10.0 Å². The Labute approximate surface area is 138 Å². The molecule has 0 aliphatic heterocycles. The lowest BCUT2D eigenvalue weighted by molar-refractivity contribution is 0.102. The number of anilines is 1. The number of nitrogens with two attached hydrogens (primary N) is 1. The molecule has 9 heteroatoms. The zero-order valence-electron chi connectivity index (χ0n) is 12.9. The van der Waals surface area contributed by atoms with E-state index in [2.05, 4.69) is 5.32 Å². The summed E-state index contributed by atoms with van der Waals surface area (Å²) < 4.78 is 46.4. The van der Waals surface area contributed by atoms with E-state index < -0.39 is 21.7 Å². The van der Waals surface area contributed by atoms with Gasteiger partial charge in [-0.15, -0.1) is 0 Å². The van der Waals surface area contributed by atoms with Gasteiger partial charge in [-0.05, 0) is 30.3 Å². The Bertz CT molecular complexity index is 883. The van der Waals surface area contributed by atoms with E-state index in [9.17, 15) is 17.6 Å². The van der Waals surface area contributed by atoms with E-state index in [0.29, 0.717) is 0 Å². The topological polar surface area (TPSA) is 108 Å². The molecule has 1 amide bonds. The molecule has 3 N–H and O–H groups in total. The van der Waals surface area contributed by atoms with Crippen molar-refractivity contribution in [2.75, 3.05) is 19.5 Å². The van der Waals surface area contributed by atoms with Gasteiger partial charge in [-0.1, -0.05) is 0 Å². The predicted octanol–water partition coefficient (Wildman–Crippen LogP) is 1.74. The van der Waals surface area contributed by atoms with Crippen LogP contribution in [0.25, 0.3) is 0 Å². The molecule has 0 aliphatic rings. The van der Waals surface area contributed by atoms with E-state index in [1.807, 2.05) is 0 Å². The maximum atomic E-state index is 13.7. The normalized spacial score (nSPS) is 11.0. The maximum Gasteiger partial charge on any atom is 0.259 e. The summed E-state index contributed by atoms with van der Waals surface area (Å²) in [6.45, 7) is 0. The number of ether oxygens (including phenoxy) is 2. The van der Waals surface area contributed by atoms with Crippen LogP contribution in [0, 0.1) is 5.82 Å². The van der Waals surface area contributed by atoms with E-state index in [0.717, 1.165) is 12.1 Å². The molecular weight excluding hydrogens is 339 g/mol. The summed E-state index contributed by atoms with van der Waals surface area (Å²) in [5.41, 5.74) is 0.113. The molecule has 128 valence electrons. The van der Waals surface area contributed by atoms with E-state index in [-0.39, 0.29) is 27.6 Å². The van der Waals surface area contributed by atoms with Gasteiger partial charge >= 0.3 is 0 Å². The van der Waals surface area contributed by atoms with Crippen molar-refractivity contribution in [1.29, 1.82) is 0 Å². The Morgan fingerprint density at radius 2 is 1.71 bits per heavy atom. The first-order valence-corrected chi connectivity index (χ1v) is 8.16. The van der Waals surface area contributed by atoms with Crippen molar-refractivity contribution in [1.82, 2.24) is 0 Å². The summed E-state index contributed by atoms with van der Waals surface area (Å²) in [6, 6.07) is 7.48. The lowest BCUT2D eigenvalue weighted by atomic mass is 10.1. The molecule has 7 nitrogen and oxygen atoms in total. The summed E-state index contributed by atoms with van der Waals surface area (Å²) in [4.78, 5) is 12.1. The van der Waals surface area contributed by atoms with Crippen LogP contribution in [0.3, 0.4) is 0 Å². The van der Waals surface area contributed by atoms with Gasteiger partial charge in [0, 0.05) is 11.8 Å². The molecule has 0 radical (unpaired) electrons. The summed E-state index contributed by atoms with van der Waals surface area (Å²) in [7, 11) is -1.34. The van der Waals surface area contributed by atoms with Gasteiger partial charge in [0.1, 0.15) is 5.75 Å². The lowest BCUT2D eigenvalue weighted by Gasteiger charge is -2.11. The first-order valence-electron chi connectivity index (χ1n) is 6.62. The predicted molar refractivity (Wildman–Crippen MR) is 85.3 cm³/mol. The number of carbonyl (C=O) groups excluding carboxylic acids is 1. The number of rotatable bonds is 5. The molecule has 0 spiro atoms. The molecule has 24 heavy (non-hydrogen) atoms. The minimum absolute atomic E-state index is 0.0294. The average molecular weight is 354 g/mol. The number of carbonyl (C=O) groups is 1. The van der Waals surface area contributed by atoms with Gasteiger partial charge in [-0.3, -0.25) is 4.79 Å². The SMILES string of the molecule is COc1ccc(NC(=O)c2cc(S(N)(=O)=O)ccc2OC)cc1F. The molecule has 0 heterocycles. The number of halogens is 1. The van der Waals surface area contributed by atoms with Gasteiger partial charge in [0.2, 0.25) is 10.0 Å². The van der Waals surface area contributed by atoms with E-state index in [1.54, 1.807) is 0 Å². The first-order chi connectivity index (χ1) is 11.3. The van der Waals surface area contributed by atoms with Crippen LogP contribution in [0.15, 0.2) is 41.3 Å². The highest BCUT2D eigenvalue weighted by Gasteiger charge is 2.18. The molecule has 0 aliphatic carbocycles. The van der Waals surface area contributed by atoms with Crippen LogP contribution in [0.5, 0.6) is 11.5 Å². The fraction of sp³-hybridized carbons (Fsp3) is 0.133. The highest BCUT2D eigenvalue weighted by molar-refractivity contribution is 7.89. The zero-order valence-corrected chi connectivity index (χ0v) is 13.7. The quantitative estimate of drug-likeness (QED) is 0.850. The Hall–Kier alpha value is -2.65. The summed E-state index contributed by atoms with van der Waals surface area (Å²) >= 11 is 0. The third-order valence-corrected chi connectivity index (χ3v) is 4.06. The van der Waals surface area contributed by atoms with Crippen LogP contribution >= 0.6 is 0 Å². The molecule has 0 fully saturated rings. The summed E-state index contributed by atoms with van der Waals surface area (Å²) in [6.07, 6.45) is 0. The fourth-order valence-electron chi connectivity index (χ4n) is 1.98. The van der Waals surface area contributed by atoms with Crippen LogP contribution in [0.4, 0.5) is 10.1 Å². The number of nitrogens with one attached hydrogen (secondary N) is 1. The van der Waals surface area contributed by atoms with E-state index in [1.165, 1.54) is 38.5 Å². The monoisotopic (exact) mass is 354 g/mol. The zero-order chi connectivity index (χ0) is 17.9. The van der Waals surface area contributed by atoms with Crippen molar-refractivity contribution in [2.45, 2.75) is 4.90 Å². The fourth-order valence-corrected chi connectivity index (χ4v) is 2.52. The standard InChI is InChI=1S/C15H15FN2O5S/c1-22-13-6-4-10(24(17,20)21)8-11(13)15(19)18-9-3-5-14(23-2)12(16)7-9/h3-8H,1-2H3,(H,18,19)(H2,17,20,21). The number of sulfonamides is 1. The summed E-state index contributed by atoms with van der Waals surface area (Å²) in [5, 5.41) is 7.51. The van der Waals surface area contributed by atoms with Crippen molar-refractivity contribution in [3.05, 3.63) is 47.8 Å². The van der Waals surface area contributed by atoms with Gasteiger partial charge in [0.25, 0.3) is 5.91 Å². The van der Waals surface area contributed by atoms with Gasteiger partial charge in [-0.2, -0.15) is 0 Å². The van der Waals surface area contributed by atoms with Crippen molar-refractivity contribution in [3.63, 3.8) is 0 Å². The Balaban J connectivity index is 2.37. The van der Waals surface area contributed by atoms with Crippen molar-refractivity contribution in [3.8, 4) is 11.5 Å². The van der Waals surface area contributed by atoms with Crippen molar-refractivity contribution >= 4 is 21.6 Å². The molecule has 0 bridgehead atoms. The number of benzene rings is 2. The highest BCUT2D eigenvalue weighted by Crippen LogP contribution is 2.25. The Morgan fingerprint density at radius 1 is 1.08 bits per heavy atom. The summed E-state index contributed by atoms with van der Waals surface area (Å²) in [5.74, 6) is -1.15. The van der Waals surface area contributed by atoms with Gasteiger partial charge in [0.05, 0.1) is 24.7 Å². The minimum atomic E-state index is -3.98. The van der Waals surface area contributed by atoms with Gasteiger partial charge in [-0.25, -0.2) is 17.9 Å². The lowest BCUT2D eigenvalue weighted by Crippen LogP contribution is -2.17. The Kier molecular flexibility index (Phi) is 5.05. The second-order valence-electron chi connectivity index (χ2n) is 4.71. The third-order valence-electron chi connectivity index (χ3n) is 3.15. The minimum Gasteiger partial charge on any atom is -0.496 e. The average Bonchev–Trinajstić information content (AvgIpc) is 2.53. The van der Waals surface area contributed by atoms with E-state index in [4.69, 9.17) is 14.6 Å². The van der Waals surface area contributed by atoms with Crippen molar-refractivity contribution in [2.24, 2.45) is 5.14 Å².